The highest BCUT2D eigenvalue weighted by Gasteiger charge is 2.18. The molecule has 0 unspecified atom stereocenters. The highest BCUT2D eigenvalue weighted by atomic mass is 16.5. The second-order valence-corrected chi connectivity index (χ2v) is 8.26. The third-order valence-corrected chi connectivity index (χ3v) is 5.81. The lowest BCUT2D eigenvalue weighted by Gasteiger charge is -2.14. The predicted octanol–water partition coefficient (Wildman–Crippen LogP) is 3.37. The summed E-state index contributed by atoms with van der Waals surface area (Å²) in [4.78, 5) is 32.2. The van der Waals surface area contributed by atoms with Crippen molar-refractivity contribution in [3.05, 3.63) is 69.1 Å². The smallest absolute Gasteiger partial charge is 0.277 e. The van der Waals surface area contributed by atoms with Gasteiger partial charge < -0.3 is 20.2 Å². The summed E-state index contributed by atoms with van der Waals surface area (Å²) >= 11 is 0. The van der Waals surface area contributed by atoms with E-state index in [2.05, 4.69) is 17.0 Å². The van der Waals surface area contributed by atoms with Crippen LogP contribution in [0.2, 0.25) is 0 Å². The van der Waals surface area contributed by atoms with Crippen molar-refractivity contribution in [1.82, 2.24) is 19.7 Å². The molecule has 4 rings (SSSR count). The Balaban J connectivity index is 1.81. The van der Waals surface area contributed by atoms with Crippen LogP contribution in [0.15, 0.2) is 41.2 Å². The van der Waals surface area contributed by atoms with Crippen molar-refractivity contribution >= 4 is 16.9 Å². The molecule has 0 aliphatic heterocycles. The van der Waals surface area contributed by atoms with E-state index in [1.54, 1.807) is 31.0 Å². The van der Waals surface area contributed by atoms with Gasteiger partial charge in [0.15, 0.2) is 5.52 Å². The molecule has 2 aromatic heterocycles. The number of amides is 1. The normalized spacial score (nSPS) is 11.1. The summed E-state index contributed by atoms with van der Waals surface area (Å²) in [5.41, 5.74) is 9.91. The maximum absolute atomic E-state index is 13.0. The van der Waals surface area contributed by atoms with Crippen molar-refractivity contribution in [3.63, 3.8) is 0 Å². The number of ether oxygens (including phenoxy) is 2. The second-order valence-electron chi connectivity index (χ2n) is 8.26. The van der Waals surface area contributed by atoms with E-state index >= 15 is 0 Å². The number of rotatable bonds is 9. The molecule has 0 saturated carbocycles. The molecular formula is C26H29N5O4. The van der Waals surface area contributed by atoms with Crippen LogP contribution in [0, 0.1) is 0 Å². The lowest BCUT2D eigenvalue weighted by molar-refractivity contribution is 0.1000. The number of H-pyrrole nitrogens is 1. The van der Waals surface area contributed by atoms with Gasteiger partial charge in [0, 0.05) is 19.0 Å². The summed E-state index contributed by atoms with van der Waals surface area (Å²) in [7, 11) is 3.31. The Bertz CT molecular complexity index is 1450. The zero-order valence-electron chi connectivity index (χ0n) is 20.3. The first-order chi connectivity index (χ1) is 16.9. The van der Waals surface area contributed by atoms with Crippen molar-refractivity contribution in [1.29, 1.82) is 0 Å². The SMILES string of the molecule is CCCc1nn(C)c2c(=O)[nH]c(-c3cc(Cc4ccc(C(N)=O)cc4OC)ccc3OCC)nc12. The molecule has 2 aromatic carbocycles. The number of nitrogens with one attached hydrogen (secondary N) is 1. The highest BCUT2D eigenvalue weighted by molar-refractivity contribution is 5.93. The zero-order valence-corrected chi connectivity index (χ0v) is 20.3. The molecule has 0 fully saturated rings. The second kappa shape index (κ2) is 10.0. The van der Waals surface area contributed by atoms with Gasteiger partial charge in [-0.1, -0.05) is 25.5 Å². The van der Waals surface area contributed by atoms with Crippen LogP contribution in [0.4, 0.5) is 0 Å². The van der Waals surface area contributed by atoms with Crippen molar-refractivity contribution in [2.45, 2.75) is 33.1 Å². The summed E-state index contributed by atoms with van der Waals surface area (Å²) in [5.74, 6) is 1.11. The van der Waals surface area contributed by atoms with Crippen LogP contribution in [0.3, 0.4) is 0 Å². The zero-order chi connectivity index (χ0) is 25.1. The molecule has 9 nitrogen and oxygen atoms in total. The van der Waals surface area contributed by atoms with Gasteiger partial charge in [-0.05, 0) is 48.7 Å². The minimum absolute atomic E-state index is 0.251. The number of aromatic amines is 1. The quantitative estimate of drug-likeness (QED) is 0.382. The van der Waals surface area contributed by atoms with Crippen molar-refractivity contribution < 1.29 is 14.3 Å². The molecule has 0 spiro atoms. The summed E-state index contributed by atoms with van der Waals surface area (Å²) in [6, 6.07) is 10.9. The summed E-state index contributed by atoms with van der Waals surface area (Å²) in [5, 5.41) is 4.50. The Morgan fingerprint density at radius 2 is 1.94 bits per heavy atom. The van der Waals surface area contributed by atoms with Crippen molar-refractivity contribution in [2.75, 3.05) is 13.7 Å². The summed E-state index contributed by atoms with van der Waals surface area (Å²) in [6.45, 7) is 4.44. The van der Waals surface area contributed by atoms with E-state index in [1.165, 1.54) is 0 Å². The number of nitrogens with two attached hydrogens (primary N) is 1. The fraction of sp³-hybridized carbons (Fsp3) is 0.308. The van der Waals surface area contributed by atoms with E-state index in [0.29, 0.717) is 52.5 Å². The van der Waals surface area contributed by atoms with E-state index in [4.69, 9.17) is 20.2 Å². The van der Waals surface area contributed by atoms with E-state index < -0.39 is 5.91 Å². The van der Waals surface area contributed by atoms with Crippen LogP contribution in [-0.2, 0) is 19.9 Å². The number of primary amides is 1. The monoisotopic (exact) mass is 475 g/mol. The number of methoxy groups -OCH3 is 1. The molecule has 0 aliphatic rings. The lowest BCUT2D eigenvalue weighted by atomic mass is 9.99. The maximum Gasteiger partial charge on any atom is 0.277 e. The first kappa shape index (κ1) is 24.0. The van der Waals surface area contributed by atoms with Crippen LogP contribution in [-0.4, -0.2) is 39.4 Å². The van der Waals surface area contributed by atoms with Crippen LogP contribution in [0.1, 0.15) is 47.4 Å². The van der Waals surface area contributed by atoms with Crippen LogP contribution >= 0.6 is 0 Å². The number of aromatic nitrogens is 4. The summed E-state index contributed by atoms with van der Waals surface area (Å²) in [6.07, 6.45) is 2.15. The Morgan fingerprint density at radius 3 is 2.63 bits per heavy atom. The fourth-order valence-electron chi connectivity index (χ4n) is 4.20. The van der Waals surface area contributed by atoms with Crippen molar-refractivity contribution in [2.24, 2.45) is 12.8 Å². The van der Waals surface area contributed by atoms with Gasteiger partial charge in [0.25, 0.3) is 5.56 Å². The average Bonchev–Trinajstić information content (AvgIpc) is 3.16. The van der Waals surface area contributed by atoms with Gasteiger partial charge in [0.1, 0.15) is 22.8 Å². The summed E-state index contributed by atoms with van der Waals surface area (Å²) < 4.78 is 12.9. The molecule has 1 amide bonds. The predicted molar refractivity (Wildman–Crippen MR) is 134 cm³/mol. The molecule has 182 valence electrons. The largest absolute Gasteiger partial charge is 0.496 e. The minimum Gasteiger partial charge on any atom is -0.496 e. The van der Waals surface area contributed by atoms with E-state index in [1.807, 2.05) is 31.2 Å². The number of carbonyl (C=O) groups is 1. The molecule has 3 N–H and O–H groups in total. The van der Waals surface area contributed by atoms with Gasteiger partial charge in [-0.25, -0.2) is 4.98 Å². The molecule has 0 aliphatic carbocycles. The molecule has 0 saturated heterocycles. The van der Waals surface area contributed by atoms with E-state index in [9.17, 15) is 9.59 Å². The van der Waals surface area contributed by atoms with Gasteiger partial charge >= 0.3 is 0 Å². The van der Waals surface area contributed by atoms with Gasteiger partial charge in [-0.2, -0.15) is 5.10 Å². The van der Waals surface area contributed by atoms with Gasteiger partial charge in [0.05, 0.1) is 25.0 Å². The third kappa shape index (κ3) is 4.75. The van der Waals surface area contributed by atoms with E-state index in [0.717, 1.165) is 29.7 Å². The van der Waals surface area contributed by atoms with Crippen LogP contribution in [0.25, 0.3) is 22.4 Å². The fourth-order valence-corrected chi connectivity index (χ4v) is 4.20. The number of hydrogen-bond acceptors (Lipinski definition) is 6. The molecule has 35 heavy (non-hydrogen) atoms. The molecule has 9 heteroatoms. The van der Waals surface area contributed by atoms with Gasteiger partial charge in [-0.3, -0.25) is 14.3 Å². The van der Waals surface area contributed by atoms with E-state index in [-0.39, 0.29) is 5.56 Å². The lowest BCUT2D eigenvalue weighted by Crippen LogP contribution is -2.13. The molecule has 4 aromatic rings. The third-order valence-electron chi connectivity index (χ3n) is 5.81. The molecule has 0 radical (unpaired) electrons. The number of aryl methyl sites for hydroxylation is 2. The Morgan fingerprint density at radius 1 is 1.14 bits per heavy atom. The number of hydrogen-bond donors (Lipinski definition) is 2. The highest BCUT2D eigenvalue weighted by Crippen LogP contribution is 2.32. The molecular weight excluding hydrogens is 446 g/mol. The minimum atomic E-state index is -0.513. The van der Waals surface area contributed by atoms with Gasteiger partial charge in [0.2, 0.25) is 5.91 Å². The number of fused-ring (bicyclic) bond motifs is 1. The van der Waals surface area contributed by atoms with Crippen LogP contribution < -0.4 is 20.8 Å². The van der Waals surface area contributed by atoms with Gasteiger partial charge in [-0.15, -0.1) is 0 Å². The number of carbonyl (C=O) groups excluding carboxylic acids is 1. The molecule has 2 heterocycles. The van der Waals surface area contributed by atoms with Crippen LogP contribution in [0.5, 0.6) is 11.5 Å². The Labute approximate surface area is 202 Å². The molecule has 0 bridgehead atoms. The maximum atomic E-state index is 13.0. The first-order valence-corrected chi connectivity index (χ1v) is 11.5. The average molecular weight is 476 g/mol. The Hall–Kier alpha value is -4.14. The first-order valence-electron chi connectivity index (χ1n) is 11.5. The molecule has 0 atom stereocenters. The number of benzene rings is 2. The topological polar surface area (TPSA) is 125 Å². The van der Waals surface area contributed by atoms with Crippen molar-refractivity contribution in [3.8, 4) is 22.9 Å². The standard InChI is InChI=1S/C26H29N5O4/c1-5-7-19-22-23(31(3)30-19)26(33)29-25(28-22)18-13-15(8-11-20(18)35-6-2)12-16-9-10-17(24(27)32)14-21(16)34-4/h8-11,13-14H,5-7,12H2,1-4H3,(H2,27,32)(H,28,29,33). The number of nitrogens with zero attached hydrogens (tertiary/aromatic N) is 3. The Kier molecular flexibility index (Phi) is 6.86.